The first-order chi connectivity index (χ1) is 13.1. The fourth-order valence-corrected chi connectivity index (χ4v) is 3.47. The maximum atomic E-state index is 13.0. The molecule has 1 N–H and O–H groups in total. The molecule has 1 aliphatic heterocycles. The van der Waals surface area contributed by atoms with Gasteiger partial charge in [-0.3, -0.25) is 9.59 Å². The molecule has 0 bridgehead atoms. The summed E-state index contributed by atoms with van der Waals surface area (Å²) in [6, 6.07) is 14.8. The second-order valence-corrected chi connectivity index (χ2v) is 6.66. The van der Waals surface area contributed by atoms with Crippen molar-refractivity contribution in [3.8, 4) is 5.75 Å². The number of amides is 2. The molecule has 1 heterocycles. The average molecular weight is 366 g/mol. The molecule has 0 saturated heterocycles. The number of fused-ring (bicyclic) bond motifs is 1. The van der Waals surface area contributed by atoms with E-state index >= 15 is 0 Å². The first kappa shape index (κ1) is 19.0. The Morgan fingerprint density at radius 1 is 1.15 bits per heavy atom. The predicted molar refractivity (Wildman–Crippen MR) is 104 cm³/mol. The molecule has 27 heavy (non-hydrogen) atoms. The zero-order chi connectivity index (χ0) is 19.2. The lowest BCUT2D eigenvalue weighted by molar-refractivity contribution is -0.141. The number of ether oxygens (including phenoxy) is 1. The zero-order valence-electron chi connectivity index (χ0n) is 15.9. The number of carbonyl (C=O) groups excluding carboxylic acids is 2. The Kier molecular flexibility index (Phi) is 6.12. The quantitative estimate of drug-likeness (QED) is 0.818. The standard InChI is InChI=1S/C22H26N2O3/c1-3-13-24-20(25)14-17-7-5-6-8-19(17)21(24)22(26)23-15-16-9-11-18(12-10-16)27-4-2/h5-12,21H,3-4,13-15H2,1-2H3,(H,23,26)/t21-/m1/s1. The number of rotatable bonds is 7. The average Bonchev–Trinajstić information content (AvgIpc) is 2.68. The Bertz CT molecular complexity index is 801. The van der Waals surface area contributed by atoms with Crippen LogP contribution in [0.15, 0.2) is 48.5 Å². The first-order valence-corrected chi connectivity index (χ1v) is 9.50. The summed E-state index contributed by atoms with van der Waals surface area (Å²) in [5.74, 6) is 0.683. The second-order valence-electron chi connectivity index (χ2n) is 6.66. The van der Waals surface area contributed by atoms with E-state index in [-0.39, 0.29) is 11.8 Å². The minimum atomic E-state index is -0.565. The molecule has 5 nitrogen and oxygen atoms in total. The fraction of sp³-hybridized carbons (Fsp3) is 0.364. The topological polar surface area (TPSA) is 58.6 Å². The molecule has 2 amide bonds. The van der Waals surface area contributed by atoms with Crippen LogP contribution in [-0.4, -0.2) is 29.9 Å². The SMILES string of the molecule is CCCN1C(=O)Cc2ccccc2[C@@H]1C(=O)NCc1ccc(OCC)cc1. The molecule has 0 spiro atoms. The van der Waals surface area contributed by atoms with Crippen LogP contribution in [0.25, 0.3) is 0 Å². The van der Waals surface area contributed by atoms with Gasteiger partial charge in [0.1, 0.15) is 11.8 Å². The van der Waals surface area contributed by atoms with Crippen LogP contribution >= 0.6 is 0 Å². The van der Waals surface area contributed by atoms with Crippen LogP contribution in [0.3, 0.4) is 0 Å². The number of hydrogen-bond acceptors (Lipinski definition) is 3. The third-order valence-corrected chi connectivity index (χ3v) is 4.74. The van der Waals surface area contributed by atoms with Gasteiger partial charge in [-0.15, -0.1) is 0 Å². The summed E-state index contributed by atoms with van der Waals surface area (Å²) in [5.41, 5.74) is 2.86. The zero-order valence-corrected chi connectivity index (χ0v) is 15.9. The monoisotopic (exact) mass is 366 g/mol. The van der Waals surface area contributed by atoms with Crippen molar-refractivity contribution < 1.29 is 14.3 Å². The van der Waals surface area contributed by atoms with Crippen LogP contribution in [0.2, 0.25) is 0 Å². The van der Waals surface area contributed by atoms with Gasteiger partial charge < -0.3 is 15.0 Å². The molecule has 1 atom stereocenters. The van der Waals surface area contributed by atoms with Gasteiger partial charge in [0.25, 0.3) is 0 Å². The smallest absolute Gasteiger partial charge is 0.247 e. The molecule has 0 saturated carbocycles. The van der Waals surface area contributed by atoms with Crippen molar-refractivity contribution in [2.45, 2.75) is 39.3 Å². The summed E-state index contributed by atoms with van der Waals surface area (Å²) in [6.45, 7) is 5.58. The maximum Gasteiger partial charge on any atom is 0.247 e. The van der Waals surface area contributed by atoms with E-state index in [9.17, 15) is 9.59 Å². The lowest BCUT2D eigenvalue weighted by Crippen LogP contribution is -2.47. The number of nitrogens with zero attached hydrogens (tertiary/aromatic N) is 1. The summed E-state index contributed by atoms with van der Waals surface area (Å²) in [5, 5.41) is 3.00. The van der Waals surface area contributed by atoms with Gasteiger partial charge in [-0.1, -0.05) is 43.3 Å². The van der Waals surface area contributed by atoms with Crippen molar-refractivity contribution in [1.29, 1.82) is 0 Å². The molecule has 2 aromatic rings. The lowest BCUT2D eigenvalue weighted by atomic mass is 9.91. The third-order valence-electron chi connectivity index (χ3n) is 4.74. The summed E-state index contributed by atoms with van der Waals surface area (Å²) < 4.78 is 5.44. The van der Waals surface area contributed by atoms with Crippen molar-refractivity contribution in [2.24, 2.45) is 0 Å². The van der Waals surface area contributed by atoms with Crippen LogP contribution in [0.4, 0.5) is 0 Å². The normalized spacial score (nSPS) is 16.0. The molecule has 1 aliphatic rings. The van der Waals surface area contributed by atoms with Crippen LogP contribution in [-0.2, 0) is 22.6 Å². The highest BCUT2D eigenvalue weighted by Gasteiger charge is 2.36. The molecule has 0 fully saturated rings. The third kappa shape index (κ3) is 4.30. The van der Waals surface area contributed by atoms with Gasteiger partial charge in [-0.25, -0.2) is 0 Å². The first-order valence-electron chi connectivity index (χ1n) is 9.50. The van der Waals surface area contributed by atoms with Crippen LogP contribution in [0.5, 0.6) is 5.75 Å². The van der Waals surface area contributed by atoms with Crippen LogP contribution < -0.4 is 10.1 Å². The van der Waals surface area contributed by atoms with Gasteiger partial charge in [-0.2, -0.15) is 0 Å². The van der Waals surface area contributed by atoms with E-state index in [0.29, 0.717) is 26.1 Å². The van der Waals surface area contributed by atoms with E-state index in [4.69, 9.17) is 4.74 Å². The molecule has 2 aromatic carbocycles. The second kappa shape index (κ2) is 8.71. The van der Waals surface area contributed by atoms with Crippen molar-refractivity contribution in [3.05, 3.63) is 65.2 Å². The minimum absolute atomic E-state index is 0.0109. The van der Waals surface area contributed by atoms with Gasteiger partial charge in [0.2, 0.25) is 11.8 Å². The van der Waals surface area contributed by atoms with Gasteiger partial charge in [-0.05, 0) is 42.2 Å². The van der Waals surface area contributed by atoms with E-state index < -0.39 is 6.04 Å². The predicted octanol–water partition coefficient (Wildman–Crippen LogP) is 3.24. The van der Waals surface area contributed by atoms with Crippen molar-refractivity contribution in [1.82, 2.24) is 10.2 Å². The Balaban J connectivity index is 1.75. The number of hydrogen-bond donors (Lipinski definition) is 1. The van der Waals surface area contributed by atoms with E-state index in [1.165, 1.54) is 0 Å². The van der Waals surface area contributed by atoms with Crippen molar-refractivity contribution in [2.75, 3.05) is 13.2 Å². The summed E-state index contributed by atoms with van der Waals surface area (Å²) in [6.07, 6.45) is 1.18. The van der Waals surface area contributed by atoms with E-state index in [2.05, 4.69) is 5.32 Å². The summed E-state index contributed by atoms with van der Waals surface area (Å²) >= 11 is 0. The minimum Gasteiger partial charge on any atom is -0.494 e. The highest BCUT2D eigenvalue weighted by Crippen LogP contribution is 2.30. The van der Waals surface area contributed by atoms with Crippen molar-refractivity contribution >= 4 is 11.8 Å². The molecule has 3 rings (SSSR count). The van der Waals surface area contributed by atoms with E-state index in [0.717, 1.165) is 28.9 Å². The van der Waals surface area contributed by atoms with Gasteiger partial charge >= 0.3 is 0 Å². The van der Waals surface area contributed by atoms with Crippen molar-refractivity contribution in [3.63, 3.8) is 0 Å². The molecule has 142 valence electrons. The molecular formula is C22H26N2O3. The summed E-state index contributed by atoms with van der Waals surface area (Å²) in [7, 11) is 0. The van der Waals surface area contributed by atoms with Gasteiger partial charge in [0.05, 0.1) is 13.0 Å². The number of nitrogens with one attached hydrogen (secondary N) is 1. The largest absolute Gasteiger partial charge is 0.494 e. The Labute approximate surface area is 160 Å². The number of carbonyl (C=O) groups is 2. The van der Waals surface area contributed by atoms with E-state index in [1.54, 1.807) is 4.90 Å². The molecule has 0 unspecified atom stereocenters. The number of benzene rings is 2. The van der Waals surface area contributed by atoms with Gasteiger partial charge in [0, 0.05) is 13.1 Å². The fourth-order valence-electron chi connectivity index (χ4n) is 3.47. The Morgan fingerprint density at radius 3 is 2.59 bits per heavy atom. The van der Waals surface area contributed by atoms with Gasteiger partial charge in [0.15, 0.2) is 0 Å². The summed E-state index contributed by atoms with van der Waals surface area (Å²) in [4.78, 5) is 27.3. The highest BCUT2D eigenvalue weighted by atomic mass is 16.5. The maximum absolute atomic E-state index is 13.0. The molecular weight excluding hydrogens is 340 g/mol. The Hall–Kier alpha value is -2.82. The molecule has 0 radical (unpaired) electrons. The van der Waals surface area contributed by atoms with Crippen LogP contribution in [0, 0.1) is 0 Å². The van der Waals surface area contributed by atoms with Crippen LogP contribution in [0.1, 0.15) is 43.0 Å². The lowest BCUT2D eigenvalue weighted by Gasteiger charge is -2.36. The highest BCUT2D eigenvalue weighted by molar-refractivity contribution is 5.92. The Morgan fingerprint density at radius 2 is 1.89 bits per heavy atom. The molecule has 0 aliphatic carbocycles. The van der Waals surface area contributed by atoms with E-state index in [1.807, 2.05) is 62.4 Å². The molecule has 0 aromatic heterocycles. The molecule has 5 heteroatoms.